The van der Waals surface area contributed by atoms with Crippen LogP contribution in [-0.4, -0.2) is 27.8 Å². The first-order valence-electron chi connectivity index (χ1n) is 7.36. The van der Waals surface area contributed by atoms with Crippen molar-refractivity contribution in [2.24, 2.45) is 5.73 Å². The summed E-state index contributed by atoms with van der Waals surface area (Å²) >= 11 is 6.62. The van der Waals surface area contributed by atoms with Crippen LogP contribution in [0.4, 0.5) is 0 Å². The fourth-order valence-corrected chi connectivity index (χ4v) is 4.57. The second-order valence-corrected chi connectivity index (χ2v) is 8.64. The smallest absolute Gasteiger partial charge is 0.252 e. The lowest BCUT2D eigenvalue weighted by atomic mass is 10.1. The number of nitrogens with one attached hydrogen (secondary N) is 1. The Morgan fingerprint density at radius 2 is 1.68 bits per heavy atom. The Bertz CT molecular complexity index is 779. The number of primary amides is 1. The van der Waals surface area contributed by atoms with Crippen molar-refractivity contribution in [3.8, 4) is 0 Å². The van der Waals surface area contributed by atoms with Crippen molar-refractivity contribution >= 4 is 54.5 Å². The van der Waals surface area contributed by atoms with Gasteiger partial charge in [0.2, 0.25) is 5.91 Å². The number of carbonyl (C=O) groups excluding carboxylic acids is 2. The summed E-state index contributed by atoms with van der Waals surface area (Å²) < 4.78 is 13.7. The molecule has 0 spiro atoms. The minimum atomic E-state index is -1.26. The summed E-state index contributed by atoms with van der Waals surface area (Å²) in [7, 11) is -1.26. The van der Waals surface area contributed by atoms with Crippen molar-refractivity contribution in [1.29, 1.82) is 0 Å². The van der Waals surface area contributed by atoms with Gasteiger partial charge in [0.15, 0.2) is 0 Å². The lowest BCUT2D eigenvalue weighted by Gasteiger charge is -2.15. The average Bonchev–Trinajstić information content (AvgIpc) is 2.57. The molecule has 0 aliphatic carbocycles. The highest BCUT2D eigenvalue weighted by molar-refractivity contribution is 9.11. The van der Waals surface area contributed by atoms with Gasteiger partial charge in [0.1, 0.15) is 6.04 Å². The molecule has 2 atom stereocenters. The van der Waals surface area contributed by atoms with Gasteiger partial charge in [-0.25, -0.2) is 0 Å². The van der Waals surface area contributed by atoms with Crippen LogP contribution in [0.2, 0.25) is 0 Å². The number of benzene rings is 2. The molecule has 0 unspecified atom stereocenters. The fourth-order valence-electron chi connectivity index (χ4n) is 2.13. The van der Waals surface area contributed by atoms with E-state index >= 15 is 0 Å². The summed E-state index contributed by atoms with van der Waals surface area (Å²) in [6, 6.07) is 13.1. The number of halogens is 2. The molecule has 0 bridgehead atoms. The third kappa shape index (κ3) is 6.05. The van der Waals surface area contributed by atoms with Crippen molar-refractivity contribution in [1.82, 2.24) is 5.32 Å². The molecule has 0 fully saturated rings. The monoisotopic (exact) mass is 486 g/mol. The van der Waals surface area contributed by atoms with Crippen LogP contribution in [0.25, 0.3) is 0 Å². The quantitative estimate of drug-likeness (QED) is 0.629. The number of rotatable bonds is 7. The minimum Gasteiger partial charge on any atom is -0.368 e. The van der Waals surface area contributed by atoms with Gasteiger partial charge in [-0.15, -0.1) is 0 Å². The molecule has 2 amide bonds. The molecule has 0 aliphatic heterocycles. The zero-order valence-electron chi connectivity index (χ0n) is 13.1. The molecule has 3 N–H and O–H groups in total. The summed E-state index contributed by atoms with van der Waals surface area (Å²) in [5, 5.41) is 2.60. The number of nitrogens with two attached hydrogens (primary N) is 1. The van der Waals surface area contributed by atoms with Gasteiger partial charge in [0.05, 0.1) is 10.8 Å². The number of amides is 2. The SMILES string of the molecule is NC(=O)[C@H](CC[S@@](=O)c1ccccc1)NC(=O)c1cc(Br)cc(Br)c1. The van der Waals surface area contributed by atoms with E-state index in [1.807, 2.05) is 6.07 Å². The van der Waals surface area contributed by atoms with Crippen LogP contribution in [0.1, 0.15) is 16.8 Å². The summed E-state index contributed by atoms with van der Waals surface area (Å²) in [6.07, 6.45) is 0.192. The zero-order chi connectivity index (χ0) is 18.4. The number of hydrogen-bond acceptors (Lipinski definition) is 3. The summed E-state index contributed by atoms with van der Waals surface area (Å²) in [5.74, 6) is -0.858. The van der Waals surface area contributed by atoms with Crippen LogP contribution >= 0.6 is 31.9 Å². The Labute approximate surface area is 165 Å². The standard InChI is InChI=1S/C17H16Br2N2O3S/c18-12-8-11(9-13(19)10-12)17(23)21-15(16(20)22)6-7-25(24)14-4-2-1-3-5-14/h1-5,8-10,15H,6-7H2,(H2,20,22)(H,21,23)/t15-,25+/m0/s1. The van der Waals surface area contributed by atoms with E-state index in [0.717, 1.165) is 8.95 Å². The maximum Gasteiger partial charge on any atom is 0.252 e. The van der Waals surface area contributed by atoms with Crippen molar-refractivity contribution in [2.45, 2.75) is 17.4 Å². The molecule has 5 nitrogen and oxygen atoms in total. The van der Waals surface area contributed by atoms with E-state index in [-0.39, 0.29) is 12.2 Å². The lowest BCUT2D eigenvalue weighted by Crippen LogP contribution is -2.45. The maximum absolute atomic E-state index is 12.3. The molecule has 0 radical (unpaired) electrons. The molecule has 0 aliphatic rings. The fraction of sp³-hybridized carbons (Fsp3) is 0.176. The Kier molecular flexibility index (Phi) is 7.34. The van der Waals surface area contributed by atoms with Gasteiger partial charge in [0, 0.05) is 25.2 Å². The van der Waals surface area contributed by atoms with E-state index in [0.29, 0.717) is 10.5 Å². The molecule has 0 heterocycles. The molecule has 2 rings (SSSR count). The summed E-state index contributed by atoms with van der Waals surface area (Å²) in [5.41, 5.74) is 5.76. The van der Waals surface area contributed by atoms with E-state index in [1.165, 1.54) is 0 Å². The van der Waals surface area contributed by atoms with Crippen molar-refractivity contribution < 1.29 is 13.8 Å². The minimum absolute atomic E-state index is 0.192. The molecular formula is C17H16Br2N2O3S. The van der Waals surface area contributed by atoms with Gasteiger partial charge in [0.25, 0.3) is 5.91 Å². The maximum atomic E-state index is 12.3. The van der Waals surface area contributed by atoms with Crippen LogP contribution in [0.15, 0.2) is 62.4 Å². The van der Waals surface area contributed by atoms with Crippen molar-refractivity contribution in [3.63, 3.8) is 0 Å². The third-order valence-corrected chi connectivity index (χ3v) is 5.69. The Balaban J connectivity index is 2.02. The lowest BCUT2D eigenvalue weighted by molar-refractivity contribution is -0.119. The first kappa shape index (κ1) is 19.8. The first-order valence-corrected chi connectivity index (χ1v) is 10.3. The van der Waals surface area contributed by atoms with Crippen LogP contribution in [-0.2, 0) is 15.6 Å². The van der Waals surface area contributed by atoms with Crippen LogP contribution in [0, 0.1) is 0 Å². The molecule has 2 aromatic carbocycles. The predicted molar refractivity (Wildman–Crippen MR) is 105 cm³/mol. The van der Waals surface area contributed by atoms with Gasteiger partial charge in [-0.05, 0) is 36.8 Å². The summed E-state index contributed by atoms with van der Waals surface area (Å²) in [6.45, 7) is 0. The van der Waals surface area contributed by atoms with E-state index < -0.39 is 28.7 Å². The molecule has 0 saturated heterocycles. The molecule has 132 valence electrons. The number of hydrogen-bond donors (Lipinski definition) is 2. The van der Waals surface area contributed by atoms with Crippen molar-refractivity contribution in [2.75, 3.05) is 5.75 Å². The van der Waals surface area contributed by atoms with Crippen molar-refractivity contribution in [3.05, 3.63) is 63.0 Å². The van der Waals surface area contributed by atoms with E-state index in [1.54, 1.807) is 42.5 Å². The van der Waals surface area contributed by atoms with Crippen LogP contribution in [0.3, 0.4) is 0 Å². The highest BCUT2D eigenvalue weighted by atomic mass is 79.9. The van der Waals surface area contributed by atoms with Crippen LogP contribution in [0.5, 0.6) is 0 Å². The Morgan fingerprint density at radius 1 is 1.08 bits per heavy atom. The molecular weight excluding hydrogens is 472 g/mol. The van der Waals surface area contributed by atoms with E-state index in [2.05, 4.69) is 37.2 Å². The molecule has 8 heteroatoms. The highest BCUT2D eigenvalue weighted by Crippen LogP contribution is 2.20. The topological polar surface area (TPSA) is 89.3 Å². The van der Waals surface area contributed by atoms with Crippen LogP contribution < -0.4 is 11.1 Å². The van der Waals surface area contributed by atoms with Gasteiger partial charge >= 0.3 is 0 Å². The first-order chi connectivity index (χ1) is 11.9. The molecule has 0 saturated carbocycles. The van der Waals surface area contributed by atoms with Gasteiger partial charge in [-0.3, -0.25) is 13.8 Å². The van der Waals surface area contributed by atoms with E-state index in [4.69, 9.17) is 5.73 Å². The third-order valence-electron chi connectivity index (χ3n) is 3.37. The molecule has 0 aromatic heterocycles. The molecule has 25 heavy (non-hydrogen) atoms. The summed E-state index contributed by atoms with van der Waals surface area (Å²) in [4.78, 5) is 24.7. The van der Waals surface area contributed by atoms with E-state index in [9.17, 15) is 13.8 Å². The highest BCUT2D eigenvalue weighted by Gasteiger charge is 2.20. The molecule has 2 aromatic rings. The Hall–Kier alpha value is -1.51. The largest absolute Gasteiger partial charge is 0.368 e. The Morgan fingerprint density at radius 3 is 2.24 bits per heavy atom. The zero-order valence-corrected chi connectivity index (χ0v) is 17.1. The van der Waals surface area contributed by atoms with Gasteiger partial charge in [-0.1, -0.05) is 50.1 Å². The average molecular weight is 488 g/mol. The second-order valence-electron chi connectivity index (χ2n) is 5.24. The normalized spacial score (nSPS) is 13.0. The second kappa shape index (κ2) is 9.26. The van der Waals surface area contributed by atoms with Gasteiger partial charge in [-0.2, -0.15) is 0 Å². The predicted octanol–water partition coefficient (Wildman–Crippen LogP) is 2.99. The van der Waals surface area contributed by atoms with Gasteiger partial charge < -0.3 is 11.1 Å². The number of carbonyl (C=O) groups is 2.